The van der Waals surface area contributed by atoms with Crippen molar-refractivity contribution in [2.45, 2.75) is 50.1 Å². The molecule has 132 valence electrons. The second-order valence-corrected chi connectivity index (χ2v) is 8.99. The van der Waals surface area contributed by atoms with E-state index in [2.05, 4.69) is 12.2 Å². The summed E-state index contributed by atoms with van der Waals surface area (Å²) in [6, 6.07) is 0. The first-order valence-electron chi connectivity index (χ1n) is 10.00. The molecule has 2 heterocycles. The van der Waals surface area contributed by atoms with Crippen LogP contribution in [0.25, 0.3) is 0 Å². The Kier molecular flexibility index (Phi) is 3.40. The molecule has 0 N–H and O–H groups in total. The van der Waals surface area contributed by atoms with Gasteiger partial charge < -0.3 is 18.9 Å². The summed E-state index contributed by atoms with van der Waals surface area (Å²) in [6.45, 7) is 3.26. The lowest BCUT2D eigenvalue weighted by Crippen LogP contribution is -2.22. The normalized spacial score (nSPS) is 55.3. The van der Waals surface area contributed by atoms with Crippen molar-refractivity contribution in [2.24, 2.45) is 35.5 Å². The Morgan fingerprint density at radius 2 is 1.17 bits per heavy atom. The molecule has 24 heavy (non-hydrogen) atoms. The number of hydrogen-bond donors (Lipinski definition) is 0. The van der Waals surface area contributed by atoms with Crippen molar-refractivity contribution in [1.29, 1.82) is 0 Å². The Morgan fingerprint density at radius 1 is 0.667 bits per heavy atom. The van der Waals surface area contributed by atoms with Gasteiger partial charge in [0.1, 0.15) is 0 Å². The Labute approximate surface area is 143 Å². The molecular weight excluding hydrogens is 304 g/mol. The van der Waals surface area contributed by atoms with Gasteiger partial charge in [-0.1, -0.05) is 12.2 Å². The van der Waals surface area contributed by atoms with Gasteiger partial charge in [0.2, 0.25) is 0 Å². The molecule has 0 aromatic rings. The van der Waals surface area contributed by atoms with Gasteiger partial charge in [-0.3, -0.25) is 0 Å². The van der Waals surface area contributed by atoms with Gasteiger partial charge in [-0.2, -0.15) is 0 Å². The largest absolute Gasteiger partial charge is 0.377 e. The van der Waals surface area contributed by atoms with Crippen molar-refractivity contribution < 1.29 is 18.9 Å². The Hall–Kier alpha value is -0.420. The molecule has 4 saturated carbocycles. The molecule has 4 heteroatoms. The highest BCUT2D eigenvalue weighted by Crippen LogP contribution is 2.59. The SMILES string of the molecule is C(=CCOCC1CC2CC1C1OC21)COCC1CC2CC1C1OC21. The van der Waals surface area contributed by atoms with Crippen LogP contribution in [0.4, 0.5) is 0 Å². The molecule has 4 bridgehead atoms. The lowest BCUT2D eigenvalue weighted by Gasteiger charge is -2.19. The maximum absolute atomic E-state index is 5.86. The maximum atomic E-state index is 5.86. The average Bonchev–Trinajstić information content (AvgIpc) is 3.43. The highest BCUT2D eigenvalue weighted by atomic mass is 16.6. The van der Waals surface area contributed by atoms with Crippen molar-refractivity contribution in [2.75, 3.05) is 26.4 Å². The van der Waals surface area contributed by atoms with Gasteiger partial charge in [0.05, 0.1) is 50.8 Å². The Morgan fingerprint density at radius 3 is 1.58 bits per heavy atom. The standard InChI is InChI=1S/C20H28O4/c1(3-21-9-13-5-11-7-15(13)19-17(11)23-19)2-4-22-10-14-6-12-8-16(14)20-18(12)24-20/h1-2,11-20H,3-10H2. The molecule has 0 aromatic carbocycles. The number of ether oxygens (including phenoxy) is 4. The number of epoxide rings is 2. The van der Waals surface area contributed by atoms with Crippen LogP contribution in [-0.2, 0) is 18.9 Å². The fourth-order valence-corrected chi connectivity index (χ4v) is 6.56. The third-order valence-corrected chi connectivity index (χ3v) is 7.73. The van der Waals surface area contributed by atoms with Crippen molar-refractivity contribution in [3.63, 3.8) is 0 Å². The minimum atomic E-state index is 0.600. The van der Waals surface area contributed by atoms with Crippen molar-refractivity contribution >= 4 is 0 Å². The number of rotatable bonds is 8. The molecule has 6 rings (SSSR count). The molecule has 4 nitrogen and oxygen atoms in total. The minimum absolute atomic E-state index is 0.600. The third-order valence-electron chi connectivity index (χ3n) is 7.73. The molecule has 2 aliphatic heterocycles. The van der Waals surface area contributed by atoms with E-state index < -0.39 is 0 Å². The van der Waals surface area contributed by atoms with Gasteiger partial charge in [-0.25, -0.2) is 0 Å². The third kappa shape index (κ3) is 2.33. The molecule has 2 saturated heterocycles. The molecule has 6 aliphatic rings. The zero-order valence-electron chi connectivity index (χ0n) is 14.2. The lowest BCUT2D eigenvalue weighted by molar-refractivity contribution is 0.0924. The van der Waals surface area contributed by atoms with E-state index in [0.717, 1.165) is 61.9 Å². The highest BCUT2D eigenvalue weighted by molar-refractivity contribution is 5.11. The van der Waals surface area contributed by atoms with Crippen molar-refractivity contribution in [3.05, 3.63) is 12.2 Å². The molecule has 6 fully saturated rings. The average molecular weight is 332 g/mol. The van der Waals surface area contributed by atoms with Crippen LogP contribution in [0.5, 0.6) is 0 Å². The Bertz CT molecular complexity index is 488. The maximum Gasteiger partial charge on any atom is 0.0876 e. The van der Waals surface area contributed by atoms with Crippen molar-refractivity contribution in [1.82, 2.24) is 0 Å². The van der Waals surface area contributed by atoms with Crippen molar-refractivity contribution in [3.8, 4) is 0 Å². The van der Waals surface area contributed by atoms with E-state index >= 15 is 0 Å². The monoisotopic (exact) mass is 332 g/mol. The van der Waals surface area contributed by atoms with Gasteiger partial charge in [-0.05, 0) is 61.2 Å². The van der Waals surface area contributed by atoms with Gasteiger partial charge in [0.25, 0.3) is 0 Å². The van der Waals surface area contributed by atoms with Crippen LogP contribution in [0.2, 0.25) is 0 Å². The topological polar surface area (TPSA) is 43.5 Å². The fourth-order valence-electron chi connectivity index (χ4n) is 6.56. The molecule has 10 unspecified atom stereocenters. The van der Waals surface area contributed by atoms with Gasteiger partial charge in [0.15, 0.2) is 0 Å². The van der Waals surface area contributed by atoms with Crippen LogP contribution in [0.1, 0.15) is 25.7 Å². The first-order valence-corrected chi connectivity index (χ1v) is 10.00. The van der Waals surface area contributed by atoms with Crippen LogP contribution < -0.4 is 0 Å². The number of hydrogen-bond acceptors (Lipinski definition) is 4. The highest BCUT2D eigenvalue weighted by Gasteiger charge is 2.63. The van der Waals surface area contributed by atoms with Crippen LogP contribution in [0.15, 0.2) is 12.2 Å². The van der Waals surface area contributed by atoms with Crippen LogP contribution in [0, 0.1) is 35.5 Å². The second kappa shape index (κ2) is 5.54. The molecule has 0 radical (unpaired) electrons. The summed E-state index contributed by atoms with van der Waals surface area (Å²) in [4.78, 5) is 0. The summed E-state index contributed by atoms with van der Waals surface area (Å²) in [5, 5.41) is 0. The molecule has 10 atom stereocenters. The van der Waals surface area contributed by atoms with Gasteiger partial charge >= 0.3 is 0 Å². The van der Waals surface area contributed by atoms with E-state index in [-0.39, 0.29) is 0 Å². The Balaban J connectivity index is 0.851. The first-order chi connectivity index (χ1) is 11.9. The van der Waals surface area contributed by atoms with E-state index in [1.807, 2.05) is 0 Å². The quantitative estimate of drug-likeness (QED) is 0.389. The molecule has 0 spiro atoms. The summed E-state index contributed by atoms with van der Waals surface area (Å²) in [5.74, 6) is 4.77. The van der Waals surface area contributed by atoms with E-state index in [0.29, 0.717) is 24.4 Å². The minimum Gasteiger partial charge on any atom is -0.377 e. The van der Waals surface area contributed by atoms with Crippen LogP contribution >= 0.6 is 0 Å². The van der Waals surface area contributed by atoms with E-state index in [1.54, 1.807) is 0 Å². The van der Waals surface area contributed by atoms with E-state index in [1.165, 1.54) is 25.7 Å². The zero-order valence-corrected chi connectivity index (χ0v) is 14.2. The summed E-state index contributed by atoms with van der Waals surface area (Å²) >= 11 is 0. The van der Waals surface area contributed by atoms with Gasteiger partial charge in [-0.15, -0.1) is 0 Å². The van der Waals surface area contributed by atoms with E-state index in [4.69, 9.17) is 18.9 Å². The van der Waals surface area contributed by atoms with Crippen LogP contribution in [-0.4, -0.2) is 50.8 Å². The predicted octanol–water partition coefficient (Wildman–Crippen LogP) is 2.42. The summed E-state index contributed by atoms with van der Waals surface area (Å²) in [5.41, 5.74) is 0. The molecule has 4 aliphatic carbocycles. The summed E-state index contributed by atoms with van der Waals surface area (Å²) in [7, 11) is 0. The first kappa shape index (κ1) is 14.7. The smallest absolute Gasteiger partial charge is 0.0876 e. The molecular formula is C20H28O4. The zero-order chi connectivity index (χ0) is 15.7. The lowest BCUT2D eigenvalue weighted by atomic mass is 9.89. The van der Waals surface area contributed by atoms with E-state index in [9.17, 15) is 0 Å². The second-order valence-electron chi connectivity index (χ2n) is 8.99. The predicted molar refractivity (Wildman–Crippen MR) is 87.5 cm³/mol. The fraction of sp³-hybridized carbons (Fsp3) is 0.900. The molecule has 0 amide bonds. The summed E-state index contributed by atoms with van der Waals surface area (Å²) < 4.78 is 23.2. The van der Waals surface area contributed by atoms with Crippen LogP contribution in [0.3, 0.4) is 0 Å². The summed E-state index contributed by atoms with van der Waals surface area (Å²) in [6.07, 6.45) is 12.1. The molecule has 0 aromatic heterocycles. The van der Waals surface area contributed by atoms with Gasteiger partial charge in [0, 0.05) is 0 Å². The number of fused-ring (bicyclic) bond motifs is 10.